The molecule has 0 unspecified atom stereocenters. The Morgan fingerprint density at radius 3 is 2.59 bits per heavy atom. The second kappa shape index (κ2) is 4.75. The molecule has 0 heterocycles. The highest BCUT2D eigenvalue weighted by atomic mass is 79.9. The van der Waals surface area contributed by atoms with Gasteiger partial charge >= 0.3 is 0 Å². The van der Waals surface area contributed by atoms with Crippen LogP contribution in [-0.4, -0.2) is 0 Å². The normalized spacial score (nSPS) is 10.3. The van der Waals surface area contributed by atoms with Crippen LogP contribution in [0.25, 0.3) is 0 Å². The lowest BCUT2D eigenvalue weighted by Gasteiger charge is -2.12. The van der Waals surface area contributed by atoms with Crippen molar-refractivity contribution in [3.8, 4) is 0 Å². The van der Waals surface area contributed by atoms with Crippen LogP contribution in [0.2, 0.25) is 0 Å². The summed E-state index contributed by atoms with van der Waals surface area (Å²) in [6.45, 7) is 1.98. The van der Waals surface area contributed by atoms with Crippen LogP contribution in [0.15, 0.2) is 40.9 Å². The van der Waals surface area contributed by atoms with Gasteiger partial charge in [-0.3, -0.25) is 0 Å². The van der Waals surface area contributed by atoms with Crippen molar-refractivity contribution in [2.75, 3.05) is 11.1 Å². The van der Waals surface area contributed by atoms with Crippen molar-refractivity contribution >= 4 is 33.0 Å². The number of benzene rings is 2. The molecular weight excluding hydrogens is 283 g/mol. The lowest BCUT2D eigenvalue weighted by Crippen LogP contribution is -1.99. The average molecular weight is 295 g/mol. The van der Waals surface area contributed by atoms with Crippen LogP contribution in [0.3, 0.4) is 0 Å². The van der Waals surface area contributed by atoms with Crippen molar-refractivity contribution in [2.45, 2.75) is 6.92 Å². The van der Waals surface area contributed by atoms with Gasteiger partial charge in [0.1, 0.15) is 5.82 Å². The summed E-state index contributed by atoms with van der Waals surface area (Å²) in [5, 5.41) is 3.12. The summed E-state index contributed by atoms with van der Waals surface area (Å²) in [5.74, 6) is -0.338. The van der Waals surface area contributed by atoms with Gasteiger partial charge in [-0.15, -0.1) is 0 Å². The first-order valence-corrected chi connectivity index (χ1v) is 5.94. The molecular formula is C13H12BrFN2. The van der Waals surface area contributed by atoms with E-state index in [2.05, 4.69) is 21.2 Å². The first-order valence-electron chi connectivity index (χ1n) is 5.15. The summed E-state index contributed by atoms with van der Waals surface area (Å²) < 4.78 is 13.8. The van der Waals surface area contributed by atoms with E-state index in [1.165, 1.54) is 6.07 Å². The van der Waals surface area contributed by atoms with E-state index < -0.39 is 0 Å². The van der Waals surface area contributed by atoms with E-state index >= 15 is 0 Å². The number of para-hydroxylation sites is 1. The van der Waals surface area contributed by atoms with Gasteiger partial charge in [0.2, 0.25) is 0 Å². The highest BCUT2D eigenvalue weighted by Gasteiger charge is 2.07. The molecule has 0 aliphatic rings. The molecule has 17 heavy (non-hydrogen) atoms. The number of rotatable bonds is 2. The zero-order valence-corrected chi connectivity index (χ0v) is 10.9. The molecule has 88 valence electrons. The fraction of sp³-hybridized carbons (Fsp3) is 0.0769. The molecule has 0 aliphatic heterocycles. The van der Waals surface area contributed by atoms with Gasteiger partial charge in [0.15, 0.2) is 0 Å². The van der Waals surface area contributed by atoms with Gasteiger partial charge in [-0.2, -0.15) is 0 Å². The SMILES string of the molecule is Cc1ccccc1Nc1cc(F)c(Br)cc1N. The van der Waals surface area contributed by atoms with Crippen molar-refractivity contribution in [1.82, 2.24) is 0 Å². The maximum Gasteiger partial charge on any atom is 0.139 e. The monoisotopic (exact) mass is 294 g/mol. The third kappa shape index (κ3) is 2.58. The number of aryl methyl sites for hydroxylation is 1. The fourth-order valence-electron chi connectivity index (χ4n) is 1.53. The molecule has 0 spiro atoms. The summed E-state index contributed by atoms with van der Waals surface area (Å²) in [6.07, 6.45) is 0. The number of halogens is 2. The van der Waals surface area contributed by atoms with Gasteiger partial charge in [0.05, 0.1) is 15.8 Å². The molecule has 0 aliphatic carbocycles. The lowest BCUT2D eigenvalue weighted by atomic mass is 10.2. The quantitative estimate of drug-likeness (QED) is 0.814. The van der Waals surface area contributed by atoms with E-state index in [0.717, 1.165) is 11.3 Å². The Hall–Kier alpha value is -1.55. The second-order valence-electron chi connectivity index (χ2n) is 3.79. The Bertz CT molecular complexity index is 555. The van der Waals surface area contributed by atoms with E-state index in [1.54, 1.807) is 6.07 Å². The number of hydrogen-bond donors (Lipinski definition) is 2. The van der Waals surface area contributed by atoms with Crippen molar-refractivity contribution in [3.05, 3.63) is 52.3 Å². The molecule has 0 aromatic heterocycles. The van der Waals surface area contributed by atoms with Crippen molar-refractivity contribution in [3.63, 3.8) is 0 Å². The zero-order chi connectivity index (χ0) is 12.4. The highest BCUT2D eigenvalue weighted by Crippen LogP contribution is 2.29. The molecule has 2 aromatic rings. The van der Waals surface area contributed by atoms with Crippen LogP contribution in [0.5, 0.6) is 0 Å². The summed E-state index contributed by atoms with van der Waals surface area (Å²) in [7, 11) is 0. The minimum Gasteiger partial charge on any atom is -0.397 e. The Morgan fingerprint density at radius 1 is 1.18 bits per heavy atom. The number of anilines is 3. The molecule has 3 N–H and O–H groups in total. The molecule has 0 radical (unpaired) electrons. The van der Waals surface area contributed by atoms with E-state index in [4.69, 9.17) is 5.73 Å². The Labute approximate surface area is 108 Å². The molecule has 2 aromatic carbocycles. The van der Waals surface area contributed by atoms with Crippen LogP contribution >= 0.6 is 15.9 Å². The molecule has 0 atom stereocenters. The fourth-order valence-corrected chi connectivity index (χ4v) is 1.89. The number of nitrogens with two attached hydrogens (primary N) is 1. The van der Waals surface area contributed by atoms with Crippen LogP contribution in [0, 0.1) is 12.7 Å². The first-order chi connectivity index (χ1) is 8.08. The summed E-state index contributed by atoms with van der Waals surface area (Å²) in [5.41, 5.74) is 8.90. The maximum atomic E-state index is 13.4. The number of hydrogen-bond acceptors (Lipinski definition) is 2. The molecule has 4 heteroatoms. The second-order valence-corrected chi connectivity index (χ2v) is 4.65. The maximum absolute atomic E-state index is 13.4. The molecule has 0 saturated heterocycles. The van der Waals surface area contributed by atoms with Crippen molar-refractivity contribution in [1.29, 1.82) is 0 Å². The third-order valence-corrected chi connectivity index (χ3v) is 3.11. The predicted molar refractivity (Wildman–Crippen MR) is 73.0 cm³/mol. The van der Waals surface area contributed by atoms with Crippen LogP contribution < -0.4 is 11.1 Å². The van der Waals surface area contributed by atoms with E-state index in [-0.39, 0.29) is 5.82 Å². The van der Waals surface area contributed by atoms with Gasteiger partial charge in [-0.1, -0.05) is 18.2 Å². The molecule has 0 saturated carbocycles. The van der Waals surface area contributed by atoms with E-state index in [0.29, 0.717) is 15.8 Å². The summed E-state index contributed by atoms with van der Waals surface area (Å²) in [6, 6.07) is 10.7. The van der Waals surface area contributed by atoms with Crippen LogP contribution in [0.1, 0.15) is 5.56 Å². The Balaban J connectivity index is 2.37. The average Bonchev–Trinajstić information content (AvgIpc) is 2.29. The van der Waals surface area contributed by atoms with Crippen molar-refractivity contribution < 1.29 is 4.39 Å². The minimum atomic E-state index is -0.338. The smallest absolute Gasteiger partial charge is 0.139 e. The van der Waals surface area contributed by atoms with E-state index in [9.17, 15) is 4.39 Å². The molecule has 0 bridgehead atoms. The number of nitrogen functional groups attached to an aromatic ring is 1. The van der Waals surface area contributed by atoms with Gasteiger partial charge in [0, 0.05) is 11.8 Å². The summed E-state index contributed by atoms with van der Waals surface area (Å²) in [4.78, 5) is 0. The molecule has 0 amide bonds. The largest absolute Gasteiger partial charge is 0.397 e. The van der Waals surface area contributed by atoms with Gasteiger partial charge in [0.25, 0.3) is 0 Å². The molecule has 0 fully saturated rings. The van der Waals surface area contributed by atoms with E-state index in [1.807, 2.05) is 31.2 Å². The zero-order valence-electron chi connectivity index (χ0n) is 9.30. The lowest BCUT2D eigenvalue weighted by molar-refractivity contribution is 0.622. The van der Waals surface area contributed by atoms with Gasteiger partial charge < -0.3 is 11.1 Å². The summed E-state index contributed by atoms with van der Waals surface area (Å²) >= 11 is 3.10. The first kappa shape index (κ1) is 11.9. The van der Waals surface area contributed by atoms with Crippen LogP contribution in [0.4, 0.5) is 21.5 Å². The predicted octanol–water partition coefficient (Wildman–Crippen LogP) is 4.22. The van der Waals surface area contributed by atoms with Crippen molar-refractivity contribution in [2.24, 2.45) is 0 Å². The van der Waals surface area contributed by atoms with Gasteiger partial charge in [-0.25, -0.2) is 4.39 Å². The number of nitrogens with one attached hydrogen (secondary N) is 1. The molecule has 2 rings (SSSR count). The standard InChI is InChI=1S/C13H12BrFN2/c1-8-4-2-3-5-12(8)17-13-7-10(15)9(14)6-11(13)16/h2-7,17H,16H2,1H3. The highest BCUT2D eigenvalue weighted by molar-refractivity contribution is 9.10. The topological polar surface area (TPSA) is 38.0 Å². The van der Waals surface area contributed by atoms with Gasteiger partial charge in [-0.05, 0) is 40.5 Å². The third-order valence-electron chi connectivity index (χ3n) is 2.51. The Morgan fingerprint density at radius 2 is 1.88 bits per heavy atom. The minimum absolute atomic E-state index is 0.338. The molecule has 2 nitrogen and oxygen atoms in total. The van der Waals surface area contributed by atoms with Crippen LogP contribution in [-0.2, 0) is 0 Å². The Kier molecular flexibility index (Phi) is 3.33.